The molecule has 3 saturated heterocycles. The number of carbonyl (C=O) groups is 5. The van der Waals surface area contributed by atoms with Gasteiger partial charge in [0.2, 0.25) is 23.7 Å². The van der Waals surface area contributed by atoms with Gasteiger partial charge in [-0.1, -0.05) is 18.2 Å². The molecule has 0 bridgehead atoms. The second kappa shape index (κ2) is 13.8. The van der Waals surface area contributed by atoms with Gasteiger partial charge in [-0.05, 0) is 67.5 Å². The Bertz CT molecular complexity index is 2340. The zero-order chi connectivity index (χ0) is 40.0. The second-order valence-electron chi connectivity index (χ2n) is 16.9. The fourth-order valence-corrected chi connectivity index (χ4v) is 10.2. The lowest BCUT2D eigenvalue weighted by Gasteiger charge is -2.54. The Labute approximate surface area is 332 Å². The molecule has 1 unspecified atom stereocenters. The minimum Gasteiger partial charge on any atom is -0.357 e. The van der Waals surface area contributed by atoms with E-state index in [9.17, 15) is 32.8 Å². The summed E-state index contributed by atoms with van der Waals surface area (Å²) in [7, 11) is 0. The maximum atomic E-state index is 13.9. The first-order chi connectivity index (χ1) is 27.9. The summed E-state index contributed by atoms with van der Waals surface area (Å²) < 4.78 is 27.7. The van der Waals surface area contributed by atoms with Crippen LogP contribution in [0.15, 0.2) is 48.8 Å². The van der Waals surface area contributed by atoms with E-state index < -0.39 is 42.1 Å². The molecule has 300 valence electrons. The van der Waals surface area contributed by atoms with E-state index in [-0.39, 0.29) is 54.4 Å². The van der Waals surface area contributed by atoms with E-state index in [1.54, 1.807) is 24.5 Å². The first-order valence-electron chi connectivity index (χ1n) is 20.0. The Morgan fingerprint density at radius 1 is 0.966 bits per heavy atom. The standard InChI is InChI=1S/C42H43F2N9O5/c1-23-12-28-27-4-2-3-5-31(27)47-36(28)37(52(23)19-33(43)44)26-15-45-41(46-16-26)50-10-8-42(9-11-50)21-51(22-42)35(55)20-49-17-24-13-29-30(14-25(24)18-49)40(58)53(39(29)57)32-6-7-34(54)48-38(32)56/h2-5,13-16,23,32-33,37,47H,6-12,17-22H2,1H3,(H,48,54,56)/t23-,32?,37-/m1/s1. The number of nitrogens with one attached hydrogen (secondary N) is 2. The van der Waals surface area contributed by atoms with Gasteiger partial charge in [0.25, 0.3) is 18.2 Å². The highest BCUT2D eigenvalue weighted by Crippen LogP contribution is 2.43. The molecule has 2 aromatic heterocycles. The van der Waals surface area contributed by atoms with Gasteiger partial charge >= 0.3 is 0 Å². The van der Waals surface area contributed by atoms with E-state index in [2.05, 4.69) is 21.3 Å². The van der Waals surface area contributed by atoms with Crippen molar-refractivity contribution in [1.29, 1.82) is 0 Å². The lowest BCUT2D eigenvalue weighted by atomic mass is 9.72. The third kappa shape index (κ3) is 6.06. The molecule has 3 fully saturated rings. The number of aromatic amines is 1. The van der Waals surface area contributed by atoms with Crippen molar-refractivity contribution in [2.24, 2.45) is 5.41 Å². The molecule has 1 spiro atoms. The lowest BCUT2D eigenvalue weighted by molar-refractivity contribution is -0.146. The predicted octanol–water partition coefficient (Wildman–Crippen LogP) is 3.40. The lowest BCUT2D eigenvalue weighted by Crippen LogP contribution is -2.63. The van der Waals surface area contributed by atoms with Gasteiger partial charge in [-0.2, -0.15) is 0 Å². The van der Waals surface area contributed by atoms with Crippen LogP contribution in [0.2, 0.25) is 0 Å². The number of rotatable bonds is 7. The van der Waals surface area contributed by atoms with Crippen molar-refractivity contribution >= 4 is 46.4 Å². The molecule has 6 aliphatic rings. The van der Waals surface area contributed by atoms with Crippen LogP contribution in [0, 0.1) is 5.41 Å². The number of H-pyrrole nitrogens is 1. The van der Waals surface area contributed by atoms with Crippen LogP contribution >= 0.6 is 0 Å². The molecule has 3 atom stereocenters. The van der Waals surface area contributed by atoms with Gasteiger partial charge in [-0.25, -0.2) is 18.7 Å². The van der Waals surface area contributed by atoms with E-state index in [0.29, 0.717) is 38.5 Å². The van der Waals surface area contributed by atoms with Gasteiger partial charge in [0.05, 0.1) is 30.3 Å². The van der Waals surface area contributed by atoms with Crippen LogP contribution < -0.4 is 10.2 Å². The molecule has 14 nitrogen and oxygen atoms in total. The molecule has 5 amide bonds. The number of aromatic nitrogens is 3. The Hall–Kier alpha value is -5.61. The molecule has 0 saturated carbocycles. The monoisotopic (exact) mass is 791 g/mol. The van der Waals surface area contributed by atoms with Crippen LogP contribution in [0.25, 0.3) is 10.9 Å². The number of halogens is 2. The molecular weight excluding hydrogens is 749 g/mol. The van der Waals surface area contributed by atoms with E-state index in [0.717, 1.165) is 69.7 Å². The highest BCUT2D eigenvalue weighted by molar-refractivity contribution is 6.23. The maximum absolute atomic E-state index is 13.9. The number of fused-ring (bicyclic) bond motifs is 5. The summed E-state index contributed by atoms with van der Waals surface area (Å²) in [5.74, 6) is -1.48. The third-order valence-electron chi connectivity index (χ3n) is 13.3. The number of alkyl halides is 2. The van der Waals surface area contributed by atoms with E-state index in [1.165, 1.54) is 0 Å². The van der Waals surface area contributed by atoms with Crippen LogP contribution in [-0.4, -0.2) is 122 Å². The molecule has 0 aliphatic carbocycles. The van der Waals surface area contributed by atoms with Gasteiger partial charge in [0.1, 0.15) is 6.04 Å². The quantitative estimate of drug-likeness (QED) is 0.266. The van der Waals surface area contributed by atoms with Crippen molar-refractivity contribution in [3.05, 3.63) is 87.9 Å². The molecule has 0 radical (unpaired) electrons. The van der Waals surface area contributed by atoms with Crippen molar-refractivity contribution in [1.82, 2.24) is 39.9 Å². The number of benzene rings is 2. The fraction of sp³-hybridized carbons (Fsp3) is 0.452. The first-order valence-corrected chi connectivity index (χ1v) is 20.0. The van der Waals surface area contributed by atoms with Gasteiger partial charge in [-0.3, -0.25) is 44.0 Å². The molecule has 6 aliphatic heterocycles. The predicted molar refractivity (Wildman–Crippen MR) is 206 cm³/mol. The molecule has 16 heteroatoms. The minimum atomic E-state index is -2.47. The summed E-state index contributed by atoms with van der Waals surface area (Å²) in [6, 6.07) is 9.96. The number of nitrogens with zero attached hydrogens (tertiary/aromatic N) is 7. The highest BCUT2D eigenvalue weighted by Gasteiger charge is 2.48. The van der Waals surface area contributed by atoms with E-state index in [4.69, 9.17) is 9.97 Å². The summed E-state index contributed by atoms with van der Waals surface area (Å²) >= 11 is 0. The number of piperidine rings is 2. The SMILES string of the molecule is C[C@@H]1Cc2c([nH]c3ccccc23)[C@@H](c2cnc(N3CCC4(CC3)CN(C(=O)CN3Cc5cc6c(cc5C3)C(=O)N(C3CCC(=O)NC3=O)C6=O)C4)nc2)N1CC(F)F. The average molecular weight is 792 g/mol. The number of anilines is 1. The normalized spacial score (nSPS) is 24.4. The van der Waals surface area contributed by atoms with Gasteiger partial charge in [0.15, 0.2) is 0 Å². The topological polar surface area (TPSA) is 155 Å². The smallest absolute Gasteiger partial charge is 0.262 e. The molecule has 2 aromatic carbocycles. The molecular formula is C42H43F2N9O5. The summed E-state index contributed by atoms with van der Waals surface area (Å²) in [6.07, 6.45) is 3.71. The summed E-state index contributed by atoms with van der Waals surface area (Å²) in [4.78, 5) is 86.0. The summed E-state index contributed by atoms with van der Waals surface area (Å²) in [6.45, 7) is 5.66. The first kappa shape index (κ1) is 36.7. The molecule has 8 heterocycles. The molecule has 4 aromatic rings. The number of amides is 5. The number of imide groups is 2. The largest absolute Gasteiger partial charge is 0.357 e. The Kier molecular flexibility index (Phi) is 8.71. The number of hydrogen-bond acceptors (Lipinski definition) is 10. The Balaban J connectivity index is 0.743. The van der Waals surface area contributed by atoms with Crippen molar-refractivity contribution in [3.63, 3.8) is 0 Å². The molecule has 58 heavy (non-hydrogen) atoms. The number of para-hydroxylation sites is 1. The zero-order valence-electron chi connectivity index (χ0n) is 32.0. The van der Waals surface area contributed by atoms with Crippen LogP contribution in [0.5, 0.6) is 0 Å². The van der Waals surface area contributed by atoms with Crippen molar-refractivity contribution in [3.8, 4) is 0 Å². The van der Waals surface area contributed by atoms with Crippen molar-refractivity contribution in [2.75, 3.05) is 44.2 Å². The molecule has 10 rings (SSSR count). The Morgan fingerprint density at radius 2 is 1.64 bits per heavy atom. The van der Waals surface area contributed by atoms with Crippen LogP contribution in [-0.2, 0) is 33.9 Å². The fourth-order valence-electron chi connectivity index (χ4n) is 10.2. The minimum absolute atomic E-state index is 0.0377. The number of hydrogen-bond donors (Lipinski definition) is 2. The summed E-state index contributed by atoms with van der Waals surface area (Å²) in [5, 5.41) is 3.34. The van der Waals surface area contributed by atoms with Crippen LogP contribution in [0.1, 0.15) is 87.3 Å². The highest BCUT2D eigenvalue weighted by atomic mass is 19.3. The zero-order valence-corrected chi connectivity index (χ0v) is 32.0. The number of carbonyl (C=O) groups excluding carboxylic acids is 5. The van der Waals surface area contributed by atoms with Gasteiger partial charge < -0.3 is 14.8 Å². The van der Waals surface area contributed by atoms with Gasteiger partial charge in [0, 0.05) is 91.7 Å². The summed E-state index contributed by atoms with van der Waals surface area (Å²) in [5.41, 5.74) is 6.13. The Morgan fingerprint density at radius 3 is 2.29 bits per heavy atom. The second-order valence-corrected chi connectivity index (χ2v) is 16.9. The number of likely N-dealkylation sites (tertiary alicyclic amines) is 1. The van der Waals surface area contributed by atoms with Crippen molar-refractivity contribution in [2.45, 2.75) is 76.7 Å². The van der Waals surface area contributed by atoms with Crippen LogP contribution in [0.3, 0.4) is 0 Å². The van der Waals surface area contributed by atoms with E-state index in [1.807, 2.05) is 39.8 Å². The van der Waals surface area contributed by atoms with Crippen LogP contribution in [0.4, 0.5) is 14.7 Å². The maximum Gasteiger partial charge on any atom is 0.262 e. The van der Waals surface area contributed by atoms with E-state index >= 15 is 0 Å². The molecule has 2 N–H and O–H groups in total. The van der Waals surface area contributed by atoms with Crippen molar-refractivity contribution < 1.29 is 32.8 Å². The average Bonchev–Trinajstić information content (AvgIpc) is 3.83. The van der Waals surface area contributed by atoms with Gasteiger partial charge in [-0.15, -0.1) is 0 Å². The third-order valence-corrected chi connectivity index (χ3v) is 13.3.